The van der Waals surface area contributed by atoms with E-state index in [9.17, 15) is 14.0 Å². The highest BCUT2D eigenvalue weighted by molar-refractivity contribution is 6.29. The summed E-state index contributed by atoms with van der Waals surface area (Å²) in [4.78, 5) is 33.2. The summed E-state index contributed by atoms with van der Waals surface area (Å²) in [7, 11) is 0. The first kappa shape index (κ1) is 20.9. The number of nitrogens with zero attached hydrogens (tertiary/aromatic N) is 2. The van der Waals surface area contributed by atoms with Crippen LogP contribution in [0.4, 0.5) is 10.1 Å². The van der Waals surface area contributed by atoms with Crippen LogP contribution in [0.1, 0.15) is 42.1 Å². The lowest BCUT2D eigenvalue weighted by molar-refractivity contribution is -0.896. The van der Waals surface area contributed by atoms with E-state index in [0.29, 0.717) is 23.4 Å². The van der Waals surface area contributed by atoms with Crippen LogP contribution in [0.2, 0.25) is 0 Å². The number of fused-ring (bicyclic) bond motifs is 1. The van der Waals surface area contributed by atoms with Crippen LogP contribution in [0, 0.1) is 5.82 Å². The van der Waals surface area contributed by atoms with Crippen molar-refractivity contribution in [2.24, 2.45) is 4.99 Å². The topological polar surface area (TPSA) is 54.2 Å². The molecule has 29 heavy (non-hydrogen) atoms. The van der Waals surface area contributed by atoms with E-state index < -0.39 is 17.6 Å². The third-order valence-electron chi connectivity index (χ3n) is 5.37. The maximum atomic E-state index is 13.3. The van der Waals surface area contributed by atoms with E-state index in [4.69, 9.17) is 0 Å². The third-order valence-corrected chi connectivity index (χ3v) is 5.37. The van der Waals surface area contributed by atoms with Gasteiger partial charge in [0.15, 0.2) is 0 Å². The second-order valence-corrected chi connectivity index (χ2v) is 7.14. The van der Waals surface area contributed by atoms with E-state index >= 15 is 0 Å². The number of anilines is 1. The molecule has 0 aliphatic carbocycles. The molecule has 0 radical (unpaired) electrons. The summed E-state index contributed by atoms with van der Waals surface area (Å²) >= 11 is 0. The molecule has 2 aromatic carbocycles. The van der Waals surface area contributed by atoms with Gasteiger partial charge in [0, 0.05) is 24.7 Å². The monoisotopic (exact) mass is 396 g/mol. The third kappa shape index (κ3) is 4.59. The lowest BCUT2D eigenvalue weighted by atomic mass is 9.89. The molecule has 0 fully saturated rings. The van der Waals surface area contributed by atoms with Crippen molar-refractivity contribution in [2.45, 2.75) is 26.2 Å². The fourth-order valence-electron chi connectivity index (χ4n) is 3.64. The van der Waals surface area contributed by atoms with Crippen LogP contribution >= 0.6 is 0 Å². The zero-order chi connectivity index (χ0) is 20.8. The predicted molar refractivity (Wildman–Crippen MR) is 112 cm³/mol. The van der Waals surface area contributed by atoms with Crippen LogP contribution in [-0.2, 0) is 4.79 Å². The fraction of sp³-hybridized carbons (Fsp3) is 0.348. The Morgan fingerprint density at radius 3 is 2.45 bits per heavy atom. The number of hydrogen-bond donors (Lipinski definition) is 1. The Hall–Kier alpha value is -2.86. The molecule has 2 aromatic rings. The normalized spacial score (nSPS) is 16.7. The number of amides is 2. The Morgan fingerprint density at radius 2 is 1.76 bits per heavy atom. The van der Waals surface area contributed by atoms with Gasteiger partial charge in [0.05, 0.1) is 31.2 Å². The zero-order valence-corrected chi connectivity index (χ0v) is 16.9. The minimum atomic E-state index is -0.630. The molecule has 3 rings (SSSR count). The lowest BCUT2D eigenvalue weighted by Gasteiger charge is -2.30. The van der Waals surface area contributed by atoms with Gasteiger partial charge in [0.2, 0.25) is 5.91 Å². The summed E-state index contributed by atoms with van der Waals surface area (Å²) in [5.41, 5.74) is 1.50. The van der Waals surface area contributed by atoms with Crippen molar-refractivity contribution in [1.29, 1.82) is 0 Å². The summed E-state index contributed by atoms with van der Waals surface area (Å²) in [6.07, 6.45) is 2.60. The van der Waals surface area contributed by atoms with E-state index in [1.165, 1.54) is 29.2 Å². The Labute approximate surface area is 170 Å². The van der Waals surface area contributed by atoms with Crippen molar-refractivity contribution >= 4 is 23.7 Å². The van der Waals surface area contributed by atoms with Gasteiger partial charge >= 0.3 is 0 Å². The number of carbonyl (C=O) groups excluding carboxylic acids is 2. The van der Waals surface area contributed by atoms with Gasteiger partial charge in [-0.3, -0.25) is 14.6 Å². The smallest absolute Gasteiger partial charge is 0.265 e. The maximum absolute atomic E-state index is 13.3. The second-order valence-electron chi connectivity index (χ2n) is 7.14. The minimum absolute atomic E-state index is 0.361. The maximum Gasteiger partial charge on any atom is 0.265 e. The van der Waals surface area contributed by atoms with E-state index in [1.54, 1.807) is 24.4 Å². The largest absolute Gasteiger partial charge is 0.335 e. The number of quaternary nitrogens is 1. The highest BCUT2D eigenvalue weighted by Gasteiger charge is 2.38. The lowest BCUT2D eigenvalue weighted by Crippen LogP contribution is -3.11. The molecule has 0 bridgehead atoms. The SMILES string of the molecule is CC[NH+](CC)CCCN=CC1C(=O)N(c2ccc(F)cc2)C(=O)c2ccccc21. The summed E-state index contributed by atoms with van der Waals surface area (Å²) in [6.45, 7) is 8.19. The fourth-order valence-corrected chi connectivity index (χ4v) is 3.64. The molecular weight excluding hydrogens is 369 g/mol. The van der Waals surface area contributed by atoms with Crippen LogP contribution in [-0.4, -0.2) is 44.2 Å². The first-order chi connectivity index (χ1) is 14.1. The van der Waals surface area contributed by atoms with Gasteiger partial charge in [0.25, 0.3) is 5.91 Å². The molecular formula is C23H27FN3O2+. The Balaban J connectivity index is 1.83. The minimum Gasteiger partial charge on any atom is -0.335 e. The number of halogens is 1. The summed E-state index contributed by atoms with van der Waals surface area (Å²) in [5.74, 6) is -1.81. The van der Waals surface area contributed by atoms with Gasteiger partial charge in [-0.15, -0.1) is 0 Å². The molecule has 1 aliphatic heterocycles. The number of aliphatic imine (C=N–C) groups is 1. The zero-order valence-electron chi connectivity index (χ0n) is 16.9. The number of hydrogen-bond acceptors (Lipinski definition) is 3. The molecule has 6 heteroatoms. The molecule has 1 unspecified atom stereocenters. The number of nitrogens with one attached hydrogen (secondary N) is 1. The number of rotatable bonds is 8. The number of carbonyl (C=O) groups is 2. The van der Waals surface area contributed by atoms with E-state index in [0.717, 1.165) is 31.0 Å². The van der Waals surface area contributed by atoms with Crippen LogP contribution in [0.3, 0.4) is 0 Å². The van der Waals surface area contributed by atoms with Gasteiger partial charge in [-0.05, 0) is 49.7 Å². The Morgan fingerprint density at radius 1 is 1.07 bits per heavy atom. The molecule has 2 amide bonds. The van der Waals surface area contributed by atoms with Crippen molar-refractivity contribution in [3.63, 3.8) is 0 Å². The average molecular weight is 396 g/mol. The van der Waals surface area contributed by atoms with Crippen LogP contribution in [0.25, 0.3) is 0 Å². The van der Waals surface area contributed by atoms with Crippen molar-refractivity contribution in [3.8, 4) is 0 Å². The average Bonchev–Trinajstić information content (AvgIpc) is 2.74. The molecule has 0 aromatic heterocycles. The standard InChI is InChI=1S/C23H26FN3O2/c1-3-26(4-2)15-7-14-25-16-21-19-8-5-6-9-20(19)22(28)27(23(21)29)18-12-10-17(24)11-13-18/h5-6,8-13,16,21H,3-4,7,14-15H2,1-2H3/p+1. The first-order valence-corrected chi connectivity index (χ1v) is 10.1. The highest BCUT2D eigenvalue weighted by Crippen LogP contribution is 2.31. The highest BCUT2D eigenvalue weighted by atomic mass is 19.1. The van der Waals surface area contributed by atoms with Gasteiger partial charge in [-0.2, -0.15) is 0 Å². The van der Waals surface area contributed by atoms with Crippen molar-refractivity contribution in [2.75, 3.05) is 31.1 Å². The van der Waals surface area contributed by atoms with E-state index in [1.807, 2.05) is 6.07 Å². The van der Waals surface area contributed by atoms with Gasteiger partial charge in [-0.1, -0.05) is 18.2 Å². The van der Waals surface area contributed by atoms with Crippen LogP contribution in [0.5, 0.6) is 0 Å². The summed E-state index contributed by atoms with van der Waals surface area (Å²) in [5, 5.41) is 0. The van der Waals surface area contributed by atoms with E-state index in [-0.39, 0.29) is 5.91 Å². The Bertz CT molecular complexity index is 891. The molecule has 0 spiro atoms. The van der Waals surface area contributed by atoms with Crippen molar-refractivity contribution in [3.05, 3.63) is 65.5 Å². The molecule has 1 aliphatic rings. The van der Waals surface area contributed by atoms with Crippen LogP contribution < -0.4 is 9.80 Å². The molecule has 1 N–H and O–H groups in total. The number of benzene rings is 2. The molecule has 1 atom stereocenters. The second kappa shape index (κ2) is 9.56. The Kier molecular flexibility index (Phi) is 6.88. The molecule has 1 heterocycles. The molecule has 152 valence electrons. The van der Waals surface area contributed by atoms with E-state index in [2.05, 4.69) is 18.8 Å². The summed E-state index contributed by atoms with van der Waals surface area (Å²) < 4.78 is 13.3. The van der Waals surface area contributed by atoms with Crippen LogP contribution in [0.15, 0.2) is 53.5 Å². The van der Waals surface area contributed by atoms with Gasteiger partial charge in [-0.25, -0.2) is 9.29 Å². The number of imide groups is 1. The van der Waals surface area contributed by atoms with Gasteiger partial charge < -0.3 is 4.90 Å². The molecule has 0 saturated heterocycles. The predicted octanol–water partition coefficient (Wildman–Crippen LogP) is 2.48. The van der Waals surface area contributed by atoms with Crippen molar-refractivity contribution in [1.82, 2.24) is 0 Å². The summed E-state index contributed by atoms with van der Waals surface area (Å²) in [6, 6.07) is 12.5. The van der Waals surface area contributed by atoms with Crippen molar-refractivity contribution < 1.29 is 18.9 Å². The van der Waals surface area contributed by atoms with Gasteiger partial charge in [0.1, 0.15) is 5.82 Å². The molecule has 5 nitrogen and oxygen atoms in total. The first-order valence-electron chi connectivity index (χ1n) is 10.1. The molecule has 0 saturated carbocycles. The quantitative estimate of drug-likeness (QED) is 0.423.